The summed E-state index contributed by atoms with van der Waals surface area (Å²) in [5.41, 5.74) is 3.37. The number of aryl methyl sites for hydroxylation is 1. The highest BCUT2D eigenvalue weighted by Crippen LogP contribution is 2.39. The fraction of sp³-hybridized carbons (Fsp3) is 0.278. The van der Waals surface area contributed by atoms with E-state index in [0.717, 1.165) is 19.3 Å². The van der Waals surface area contributed by atoms with Crippen LogP contribution in [0.2, 0.25) is 0 Å². The standard InChI is InChI=1S/C18H18N2O3/c1-19(16-8-4-6-14-5-2-3-7-15(14)16)17-10-9-13(12-21)11-18(17)20(22)23/h2-3,5,7,9-12,16H,4,6,8H2,1H3/t16-/m1/s1. The maximum Gasteiger partial charge on any atom is 0.293 e. The molecule has 3 rings (SSSR count). The van der Waals surface area contributed by atoms with E-state index >= 15 is 0 Å². The van der Waals surface area contributed by atoms with E-state index in [1.54, 1.807) is 12.1 Å². The lowest BCUT2D eigenvalue weighted by atomic mass is 9.86. The number of rotatable bonds is 4. The fourth-order valence-corrected chi connectivity index (χ4v) is 3.36. The molecule has 1 aliphatic rings. The van der Waals surface area contributed by atoms with E-state index in [1.807, 2.05) is 24.1 Å². The summed E-state index contributed by atoms with van der Waals surface area (Å²) in [7, 11) is 1.88. The van der Waals surface area contributed by atoms with Gasteiger partial charge in [-0.25, -0.2) is 0 Å². The first kappa shape index (κ1) is 15.2. The summed E-state index contributed by atoms with van der Waals surface area (Å²) >= 11 is 0. The predicted molar refractivity (Wildman–Crippen MR) is 89.0 cm³/mol. The van der Waals surface area contributed by atoms with E-state index in [9.17, 15) is 14.9 Å². The van der Waals surface area contributed by atoms with Crippen LogP contribution >= 0.6 is 0 Å². The van der Waals surface area contributed by atoms with Crippen LogP contribution in [0.5, 0.6) is 0 Å². The van der Waals surface area contributed by atoms with Crippen molar-refractivity contribution in [1.29, 1.82) is 0 Å². The van der Waals surface area contributed by atoms with Gasteiger partial charge >= 0.3 is 0 Å². The number of carbonyl (C=O) groups excluding carboxylic acids is 1. The van der Waals surface area contributed by atoms with Crippen molar-refractivity contribution in [2.45, 2.75) is 25.3 Å². The van der Waals surface area contributed by atoms with Gasteiger partial charge in [-0.2, -0.15) is 0 Å². The van der Waals surface area contributed by atoms with E-state index in [4.69, 9.17) is 0 Å². The zero-order valence-electron chi connectivity index (χ0n) is 12.9. The third-order valence-corrected chi connectivity index (χ3v) is 4.52. The summed E-state index contributed by atoms with van der Waals surface area (Å²) in [6, 6.07) is 13.0. The number of hydrogen-bond acceptors (Lipinski definition) is 4. The first-order chi connectivity index (χ1) is 11.1. The Kier molecular flexibility index (Phi) is 4.10. The van der Waals surface area contributed by atoms with Gasteiger partial charge in [0.2, 0.25) is 0 Å². The van der Waals surface area contributed by atoms with Crippen molar-refractivity contribution in [1.82, 2.24) is 0 Å². The summed E-state index contributed by atoms with van der Waals surface area (Å²) in [6.45, 7) is 0. The number of fused-ring (bicyclic) bond motifs is 1. The van der Waals surface area contributed by atoms with Gasteiger partial charge in [-0.05, 0) is 42.5 Å². The Bertz CT molecular complexity index is 758. The number of nitro benzene ring substituents is 1. The first-order valence-electron chi connectivity index (χ1n) is 7.66. The van der Waals surface area contributed by atoms with Gasteiger partial charge < -0.3 is 4.90 Å². The van der Waals surface area contributed by atoms with Crippen molar-refractivity contribution >= 4 is 17.7 Å². The van der Waals surface area contributed by atoms with Crippen LogP contribution in [-0.2, 0) is 6.42 Å². The number of aldehydes is 1. The van der Waals surface area contributed by atoms with Crippen molar-refractivity contribution in [3.8, 4) is 0 Å². The van der Waals surface area contributed by atoms with Crippen LogP contribution in [0.15, 0.2) is 42.5 Å². The van der Waals surface area contributed by atoms with Crippen LogP contribution in [0.1, 0.15) is 40.4 Å². The predicted octanol–water partition coefficient (Wildman–Crippen LogP) is 3.92. The molecule has 0 radical (unpaired) electrons. The molecule has 0 saturated heterocycles. The lowest BCUT2D eigenvalue weighted by molar-refractivity contribution is -0.384. The van der Waals surface area contributed by atoms with Crippen LogP contribution < -0.4 is 4.90 Å². The second kappa shape index (κ2) is 6.20. The van der Waals surface area contributed by atoms with Crippen molar-refractivity contribution < 1.29 is 9.72 Å². The van der Waals surface area contributed by atoms with Gasteiger partial charge in [-0.3, -0.25) is 14.9 Å². The lowest BCUT2D eigenvalue weighted by Crippen LogP contribution is -2.28. The highest BCUT2D eigenvalue weighted by molar-refractivity contribution is 5.79. The molecule has 1 aliphatic carbocycles. The molecular formula is C18H18N2O3. The van der Waals surface area contributed by atoms with Crippen molar-refractivity contribution in [2.75, 3.05) is 11.9 Å². The van der Waals surface area contributed by atoms with Gasteiger partial charge in [0.15, 0.2) is 0 Å². The molecule has 118 valence electrons. The molecule has 0 aliphatic heterocycles. The largest absolute Gasteiger partial charge is 0.362 e. The smallest absolute Gasteiger partial charge is 0.293 e. The number of carbonyl (C=O) groups is 1. The van der Waals surface area contributed by atoms with E-state index < -0.39 is 4.92 Å². The summed E-state index contributed by atoms with van der Waals surface area (Å²) < 4.78 is 0. The van der Waals surface area contributed by atoms with Gasteiger partial charge in [0.25, 0.3) is 5.69 Å². The third kappa shape index (κ3) is 2.82. The minimum Gasteiger partial charge on any atom is -0.362 e. The number of nitrogens with zero attached hydrogens (tertiary/aromatic N) is 2. The Morgan fingerprint density at radius 2 is 2.04 bits per heavy atom. The molecule has 0 heterocycles. The van der Waals surface area contributed by atoms with Gasteiger partial charge in [0.1, 0.15) is 12.0 Å². The van der Waals surface area contributed by atoms with Gasteiger partial charge in [0, 0.05) is 18.7 Å². The van der Waals surface area contributed by atoms with Crippen LogP contribution in [0.4, 0.5) is 11.4 Å². The normalized spacial score (nSPS) is 16.5. The summed E-state index contributed by atoms with van der Waals surface area (Å²) in [5, 5.41) is 11.4. The Hall–Kier alpha value is -2.69. The number of anilines is 1. The highest BCUT2D eigenvalue weighted by Gasteiger charge is 2.27. The molecule has 0 bridgehead atoms. The molecule has 0 unspecified atom stereocenters. The number of nitro groups is 1. The molecule has 0 aromatic heterocycles. The minimum atomic E-state index is -0.423. The summed E-state index contributed by atoms with van der Waals surface area (Å²) in [4.78, 5) is 23.8. The summed E-state index contributed by atoms with van der Waals surface area (Å²) in [6.07, 6.45) is 3.70. The maximum atomic E-state index is 11.4. The minimum absolute atomic E-state index is 0.0276. The zero-order valence-corrected chi connectivity index (χ0v) is 12.9. The Morgan fingerprint density at radius 1 is 1.26 bits per heavy atom. The monoisotopic (exact) mass is 310 g/mol. The van der Waals surface area contributed by atoms with E-state index in [0.29, 0.717) is 17.5 Å². The molecular weight excluding hydrogens is 292 g/mol. The van der Waals surface area contributed by atoms with Crippen LogP contribution in [0, 0.1) is 10.1 Å². The second-order valence-corrected chi connectivity index (χ2v) is 5.84. The Labute approximate surface area is 134 Å². The number of benzene rings is 2. The zero-order chi connectivity index (χ0) is 16.4. The van der Waals surface area contributed by atoms with Crippen LogP contribution in [0.3, 0.4) is 0 Å². The molecule has 0 saturated carbocycles. The molecule has 23 heavy (non-hydrogen) atoms. The molecule has 2 aromatic carbocycles. The molecule has 5 nitrogen and oxygen atoms in total. The van der Waals surface area contributed by atoms with Crippen molar-refractivity contribution in [2.24, 2.45) is 0 Å². The van der Waals surface area contributed by atoms with E-state index in [1.165, 1.54) is 17.2 Å². The Morgan fingerprint density at radius 3 is 2.78 bits per heavy atom. The highest BCUT2D eigenvalue weighted by atomic mass is 16.6. The van der Waals surface area contributed by atoms with Crippen molar-refractivity contribution in [3.05, 3.63) is 69.3 Å². The van der Waals surface area contributed by atoms with Crippen LogP contribution in [-0.4, -0.2) is 18.3 Å². The van der Waals surface area contributed by atoms with Gasteiger partial charge in [-0.1, -0.05) is 24.3 Å². The average Bonchev–Trinajstić information content (AvgIpc) is 2.60. The maximum absolute atomic E-state index is 11.4. The SMILES string of the molecule is CN(c1ccc(C=O)cc1[N+](=O)[O-])[C@@H]1CCCc2ccccc21. The molecule has 0 spiro atoms. The lowest BCUT2D eigenvalue weighted by Gasteiger charge is -2.34. The van der Waals surface area contributed by atoms with Gasteiger partial charge in [0.05, 0.1) is 11.0 Å². The molecule has 1 atom stereocenters. The molecule has 5 heteroatoms. The Balaban J connectivity index is 2.03. The fourth-order valence-electron chi connectivity index (χ4n) is 3.36. The summed E-state index contributed by atoms with van der Waals surface area (Å²) in [5.74, 6) is 0. The first-order valence-corrected chi connectivity index (χ1v) is 7.66. The van der Waals surface area contributed by atoms with Crippen molar-refractivity contribution in [3.63, 3.8) is 0 Å². The third-order valence-electron chi connectivity index (χ3n) is 4.52. The molecule has 2 aromatic rings. The van der Waals surface area contributed by atoms with E-state index in [-0.39, 0.29) is 11.7 Å². The molecule has 0 N–H and O–H groups in total. The quantitative estimate of drug-likeness (QED) is 0.488. The number of hydrogen-bond donors (Lipinski definition) is 0. The molecule has 0 amide bonds. The van der Waals surface area contributed by atoms with Gasteiger partial charge in [-0.15, -0.1) is 0 Å². The topological polar surface area (TPSA) is 63.5 Å². The van der Waals surface area contributed by atoms with Crippen LogP contribution in [0.25, 0.3) is 0 Å². The average molecular weight is 310 g/mol. The second-order valence-electron chi connectivity index (χ2n) is 5.84. The van der Waals surface area contributed by atoms with E-state index in [2.05, 4.69) is 12.1 Å². The molecule has 0 fully saturated rings.